The van der Waals surface area contributed by atoms with Crippen LogP contribution in [0.3, 0.4) is 0 Å². The van der Waals surface area contributed by atoms with E-state index in [1.807, 2.05) is 0 Å². The number of aryl methyl sites for hydroxylation is 2. The highest BCUT2D eigenvalue weighted by Crippen LogP contribution is 2.45. The molecule has 0 radical (unpaired) electrons. The van der Waals surface area contributed by atoms with Crippen LogP contribution in [-0.4, -0.2) is 27.4 Å². The molecule has 132 valence electrons. The molecular formula is C21H25NO3. The van der Waals surface area contributed by atoms with E-state index < -0.39 is 0 Å². The molecule has 0 bridgehead atoms. The van der Waals surface area contributed by atoms with Gasteiger partial charge in [-0.25, -0.2) is 0 Å². The van der Waals surface area contributed by atoms with E-state index in [1.54, 1.807) is 21.3 Å². The van der Waals surface area contributed by atoms with E-state index in [2.05, 4.69) is 36.5 Å². The van der Waals surface area contributed by atoms with Gasteiger partial charge in [-0.3, -0.25) is 0 Å². The highest BCUT2D eigenvalue weighted by molar-refractivity contribution is 5.56. The van der Waals surface area contributed by atoms with E-state index >= 15 is 0 Å². The molecule has 2 unspecified atom stereocenters. The maximum Gasteiger partial charge on any atom is 0.161 e. The van der Waals surface area contributed by atoms with Crippen molar-refractivity contribution in [2.75, 3.05) is 21.3 Å². The van der Waals surface area contributed by atoms with Gasteiger partial charge < -0.3 is 19.5 Å². The summed E-state index contributed by atoms with van der Waals surface area (Å²) >= 11 is 0. The van der Waals surface area contributed by atoms with Gasteiger partial charge in [-0.05, 0) is 65.8 Å². The van der Waals surface area contributed by atoms with Crippen molar-refractivity contribution in [1.82, 2.24) is 5.32 Å². The predicted octanol–water partition coefficient (Wildman–Crippen LogP) is 3.57. The van der Waals surface area contributed by atoms with E-state index in [-0.39, 0.29) is 0 Å². The first-order valence-corrected chi connectivity index (χ1v) is 8.81. The van der Waals surface area contributed by atoms with Gasteiger partial charge in [0.2, 0.25) is 0 Å². The number of benzene rings is 2. The van der Waals surface area contributed by atoms with Gasteiger partial charge in [0, 0.05) is 18.5 Å². The van der Waals surface area contributed by atoms with Gasteiger partial charge in [0.1, 0.15) is 5.75 Å². The van der Waals surface area contributed by atoms with Crippen molar-refractivity contribution in [3.05, 3.63) is 52.1 Å². The molecule has 0 spiro atoms. The van der Waals surface area contributed by atoms with E-state index in [4.69, 9.17) is 14.2 Å². The van der Waals surface area contributed by atoms with Crippen LogP contribution >= 0.6 is 0 Å². The maximum atomic E-state index is 5.56. The standard InChI is InChI=1S/C21H25NO3/c1-12-7-15-14(9-18(12)23-2)11-22-17-6-5-13-8-19(24-3)20(25-4)10-16(13)21(15)17/h7-10,17,21-22H,5-6,11H2,1-4H3. The predicted molar refractivity (Wildman–Crippen MR) is 98.1 cm³/mol. The zero-order valence-corrected chi connectivity index (χ0v) is 15.3. The van der Waals surface area contributed by atoms with Gasteiger partial charge >= 0.3 is 0 Å². The molecule has 2 aromatic carbocycles. The minimum absolute atomic E-state index is 0.344. The average Bonchev–Trinajstić information content (AvgIpc) is 2.65. The van der Waals surface area contributed by atoms with Crippen LogP contribution in [-0.2, 0) is 13.0 Å². The number of methoxy groups -OCH3 is 3. The summed E-state index contributed by atoms with van der Waals surface area (Å²) in [6.07, 6.45) is 2.20. The molecule has 1 heterocycles. The summed E-state index contributed by atoms with van der Waals surface area (Å²) in [5, 5.41) is 3.73. The molecule has 0 fully saturated rings. The van der Waals surface area contributed by atoms with Crippen molar-refractivity contribution < 1.29 is 14.2 Å². The fraction of sp³-hybridized carbons (Fsp3) is 0.429. The molecule has 0 saturated heterocycles. The van der Waals surface area contributed by atoms with Crippen molar-refractivity contribution in [3.8, 4) is 17.2 Å². The summed E-state index contributed by atoms with van der Waals surface area (Å²) in [6, 6.07) is 9.27. The Kier molecular flexibility index (Phi) is 4.08. The number of hydrogen-bond acceptors (Lipinski definition) is 4. The van der Waals surface area contributed by atoms with Gasteiger partial charge in [0.05, 0.1) is 21.3 Å². The Hall–Kier alpha value is -2.20. The molecule has 2 aliphatic rings. The fourth-order valence-corrected chi connectivity index (χ4v) is 4.40. The van der Waals surface area contributed by atoms with Gasteiger partial charge in [-0.2, -0.15) is 0 Å². The second-order valence-corrected chi connectivity index (χ2v) is 6.93. The second kappa shape index (κ2) is 6.26. The Labute approximate surface area is 149 Å². The lowest BCUT2D eigenvalue weighted by atomic mass is 9.72. The smallest absolute Gasteiger partial charge is 0.161 e. The van der Waals surface area contributed by atoms with Crippen LogP contribution < -0.4 is 19.5 Å². The molecule has 4 rings (SSSR count). The number of rotatable bonds is 3. The minimum atomic E-state index is 0.344. The highest BCUT2D eigenvalue weighted by atomic mass is 16.5. The molecule has 0 saturated carbocycles. The first-order chi connectivity index (χ1) is 12.2. The maximum absolute atomic E-state index is 5.56. The molecule has 4 nitrogen and oxygen atoms in total. The summed E-state index contributed by atoms with van der Waals surface area (Å²) in [5.74, 6) is 2.92. The first-order valence-electron chi connectivity index (χ1n) is 8.81. The number of hydrogen-bond donors (Lipinski definition) is 1. The molecule has 0 amide bonds. The summed E-state index contributed by atoms with van der Waals surface area (Å²) in [7, 11) is 5.14. The van der Waals surface area contributed by atoms with Crippen LogP contribution in [0.25, 0.3) is 0 Å². The van der Waals surface area contributed by atoms with Gasteiger partial charge in [0.15, 0.2) is 11.5 Å². The van der Waals surface area contributed by atoms with Crippen molar-refractivity contribution in [2.45, 2.75) is 38.3 Å². The molecule has 1 aliphatic heterocycles. The number of nitrogens with one attached hydrogen (secondary N) is 1. The normalized spacial score (nSPS) is 21.0. The summed E-state index contributed by atoms with van der Waals surface area (Å²) < 4.78 is 16.6. The van der Waals surface area contributed by atoms with Crippen molar-refractivity contribution in [3.63, 3.8) is 0 Å². The number of fused-ring (bicyclic) bond motifs is 5. The average molecular weight is 339 g/mol. The highest BCUT2D eigenvalue weighted by Gasteiger charge is 2.36. The third-order valence-electron chi connectivity index (χ3n) is 5.65. The quantitative estimate of drug-likeness (QED) is 0.928. The van der Waals surface area contributed by atoms with Gasteiger partial charge in [0.25, 0.3) is 0 Å². The molecule has 1 aliphatic carbocycles. The lowest BCUT2D eigenvalue weighted by molar-refractivity contribution is 0.348. The summed E-state index contributed by atoms with van der Waals surface area (Å²) in [6.45, 7) is 3.02. The third-order valence-corrected chi connectivity index (χ3v) is 5.65. The summed E-state index contributed by atoms with van der Waals surface area (Å²) in [4.78, 5) is 0. The van der Waals surface area contributed by atoms with E-state index in [1.165, 1.54) is 27.8 Å². The van der Waals surface area contributed by atoms with Crippen LogP contribution in [0, 0.1) is 6.92 Å². The second-order valence-electron chi connectivity index (χ2n) is 6.93. The Morgan fingerprint density at radius 1 is 0.840 bits per heavy atom. The molecule has 2 aromatic rings. The van der Waals surface area contributed by atoms with Crippen molar-refractivity contribution in [2.24, 2.45) is 0 Å². The molecule has 2 atom stereocenters. The Morgan fingerprint density at radius 2 is 1.48 bits per heavy atom. The number of ether oxygens (including phenoxy) is 3. The molecular weight excluding hydrogens is 314 g/mol. The van der Waals surface area contributed by atoms with E-state index in [9.17, 15) is 0 Å². The van der Waals surface area contributed by atoms with Crippen molar-refractivity contribution in [1.29, 1.82) is 0 Å². The monoisotopic (exact) mass is 339 g/mol. The molecule has 4 heteroatoms. The van der Waals surface area contributed by atoms with Crippen LogP contribution in [0.1, 0.15) is 40.2 Å². The van der Waals surface area contributed by atoms with Crippen LogP contribution in [0.5, 0.6) is 17.2 Å². The first kappa shape index (κ1) is 16.3. The topological polar surface area (TPSA) is 39.7 Å². The fourth-order valence-electron chi connectivity index (χ4n) is 4.40. The largest absolute Gasteiger partial charge is 0.496 e. The SMILES string of the molecule is COc1cc2c(cc1C)C1c3cc(OC)c(OC)cc3CCC1NC2. The van der Waals surface area contributed by atoms with Crippen LogP contribution in [0.15, 0.2) is 24.3 Å². The zero-order chi connectivity index (χ0) is 17.6. The third kappa shape index (κ3) is 2.56. The molecule has 0 aromatic heterocycles. The van der Waals surface area contributed by atoms with Crippen molar-refractivity contribution >= 4 is 0 Å². The molecule has 25 heavy (non-hydrogen) atoms. The van der Waals surface area contributed by atoms with Crippen LogP contribution in [0.2, 0.25) is 0 Å². The van der Waals surface area contributed by atoms with E-state index in [0.29, 0.717) is 12.0 Å². The lowest BCUT2D eigenvalue weighted by Crippen LogP contribution is -2.42. The lowest BCUT2D eigenvalue weighted by Gasteiger charge is -2.40. The minimum Gasteiger partial charge on any atom is -0.496 e. The Balaban J connectivity index is 1.88. The Bertz CT molecular complexity index is 815. The van der Waals surface area contributed by atoms with Gasteiger partial charge in [-0.1, -0.05) is 6.07 Å². The zero-order valence-electron chi connectivity index (χ0n) is 15.3. The van der Waals surface area contributed by atoms with E-state index in [0.717, 1.165) is 36.6 Å². The summed E-state index contributed by atoms with van der Waals surface area (Å²) in [5.41, 5.74) is 6.64. The molecule has 1 N–H and O–H groups in total. The Morgan fingerprint density at radius 3 is 2.20 bits per heavy atom. The van der Waals surface area contributed by atoms with Gasteiger partial charge in [-0.15, -0.1) is 0 Å². The van der Waals surface area contributed by atoms with Crippen LogP contribution in [0.4, 0.5) is 0 Å².